The van der Waals surface area contributed by atoms with E-state index in [9.17, 15) is 24.0 Å². The van der Waals surface area contributed by atoms with Gasteiger partial charge in [-0.15, -0.1) is 0 Å². The number of nitrogens with zero attached hydrogens (tertiary/aromatic N) is 2. The number of H-pyrrole nitrogens is 2. The molecule has 60 heavy (non-hydrogen) atoms. The summed E-state index contributed by atoms with van der Waals surface area (Å²) in [6.07, 6.45) is -1.69. The van der Waals surface area contributed by atoms with Gasteiger partial charge in [0.25, 0.3) is 19.4 Å². The number of ether oxygens (including phenoxy) is 5. The number of aromatic amines is 2. The molecule has 4 heterocycles. The van der Waals surface area contributed by atoms with E-state index >= 15 is 0 Å². The predicted molar refractivity (Wildman–Crippen MR) is 224 cm³/mol. The van der Waals surface area contributed by atoms with E-state index in [-0.39, 0.29) is 37.7 Å². The van der Waals surface area contributed by atoms with Gasteiger partial charge in [0, 0.05) is 36.4 Å². The molecule has 3 aromatic carbocycles. The monoisotopic (exact) mass is 838 g/mol. The number of aryl methyl sites for hydroxylation is 2. The summed E-state index contributed by atoms with van der Waals surface area (Å²) in [6.45, 7) is 9.88. The number of aromatic nitrogens is 4. The maximum Gasteiger partial charge on any atom is 0.338 e. The molecular formula is C44H50N4O11Si. The third-order valence-corrected chi connectivity index (χ3v) is 16.0. The number of rotatable bonds is 14. The molecule has 15 nitrogen and oxygen atoms in total. The fourth-order valence-corrected chi connectivity index (χ4v) is 12.5. The second-order valence-corrected chi connectivity index (χ2v) is 20.4. The topological polar surface area (TPSA) is 182 Å². The van der Waals surface area contributed by atoms with E-state index in [0.717, 1.165) is 10.4 Å². The number of hydrogen-bond acceptors (Lipinski definition) is 11. The standard InChI is InChI=1S/C44H50N4O11Si/c1-28-25-47(42(52)45-38(28)49)36-23-33(35(57-36)27-56-60(44(3,4)5,31-17-11-7-12-18-31)32-19-13-8-14-20-32)54-21-22-55-41-34(58-40(51)30-15-9-6-10-16-30)24-37(59-41)48-26-29(2)39(50)46-43(48)53/h6-20,25-26,33-37,41H,21-24,27H2,1-5H3,(H,45,49,52)(H,46,50,53)/t33-,34-,35+,36+,37+,41-/m0/s1. The van der Waals surface area contributed by atoms with Crippen molar-refractivity contribution in [3.8, 4) is 0 Å². The van der Waals surface area contributed by atoms with Gasteiger partial charge in [0.1, 0.15) is 18.6 Å². The molecule has 0 saturated carbocycles. The van der Waals surface area contributed by atoms with Gasteiger partial charge in [-0.25, -0.2) is 14.4 Å². The predicted octanol–water partition coefficient (Wildman–Crippen LogP) is 3.44. The van der Waals surface area contributed by atoms with Gasteiger partial charge in [0.05, 0.1) is 31.5 Å². The lowest BCUT2D eigenvalue weighted by atomic mass is 10.2. The highest BCUT2D eigenvalue weighted by atomic mass is 28.4. The molecule has 2 fully saturated rings. The average molecular weight is 839 g/mol. The van der Waals surface area contributed by atoms with E-state index in [4.69, 9.17) is 28.1 Å². The number of carbonyl (C=O) groups is 1. The molecule has 0 radical (unpaired) electrons. The highest BCUT2D eigenvalue weighted by Gasteiger charge is 2.51. The first-order valence-corrected chi connectivity index (χ1v) is 21.9. The molecule has 2 aliphatic heterocycles. The van der Waals surface area contributed by atoms with Gasteiger partial charge in [0.15, 0.2) is 12.4 Å². The van der Waals surface area contributed by atoms with Gasteiger partial charge in [-0.05, 0) is 41.4 Å². The average Bonchev–Trinajstić information content (AvgIpc) is 3.83. The Bertz CT molecular complexity index is 2460. The lowest BCUT2D eigenvalue weighted by Gasteiger charge is -2.43. The number of hydrogen-bond donors (Lipinski definition) is 2. The number of esters is 1. The Morgan fingerprint density at radius 3 is 1.72 bits per heavy atom. The molecule has 2 aromatic heterocycles. The van der Waals surface area contributed by atoms with Gasteiger partial charge in [-0.3, -0.25) is 28.7 Å². The largest absolute Gasteiger partial charge is 0.453 e. The maximum absolute atomic E-state index is 13.1. The van der Waals surface area contributed by atoms with E-state index in [0.29, 0.717) is 16.7 Å². The van der Waals surface area contributed by atoms with Crippen LogP contribution in [-0.4, -0.2) is 77.8 Å². The van der Waals surface area contributed by atoms with Crippen LogP contribution in [0.3, 0.4) is 0 Å². The van der Waals surface area contributed by atoms with E-state index in [1.807, 2.05) is 36.4 Å². The Kier molecular flexibility index (Phi) is 12.8. The van der Waals surface area contributed by atoms with Crippen molar-refractivity contribution >= 4 is 24.7 Å². The number of nitrogens with one attached hydrogen (secondary N) is 2. The third kappa shape index (κ3) is 8.99. The first kappa shape index (κ1) is 42.6. The Balaban J connectivity index is 1.11. The van der Waals surface area contributed by atoms with Crippen LogP contribution in [0, 0.1) is 13.8 Å². The zero-order chi connectivity index (χ0) is 42.6. The SMILES string of the molecule is Cc1cn([C@H]2C[C@H](OC(=O)c3ccccc3)[C@@H](OCCO[C@H]3C[C@H](n4cc(C)c(=O)[nH]c4=O)O[C@@H]3CO[Si](c3ccccc3)(c3ccccc3)C(C)(C)C)O2)c(=O)[nH]c1=O. The van der Waals surface area contributed by atoms with Gasteiger partial charge in [-0.1, -0.05) is 99.6 Å². The molecule has 0 bridgehead atoms. The summed E-state index contributed by atoms with van der Waals surface area (Å²) in [4.78, 5) is 68.0. The van der Waals surface area contributed by atoms with Crippen molar-refractivity contribution in [2.75, 3.05) is 19.8 Å². The second kappa shape index (κ2) is 18.0. The van der Waals surface area contributed by atoms with Gasteiger partial charge >= 0.3 is 17.3 Å². The summed E-state index contributed by atoms with van der Waals surface area (Å²) in [5.74, 6) is -0.592. The molecule has 5 aromatic rings. The summed E-state index contributed by atoms with van der Waals surface area (Å²) in [6, 6.07) is 28.9. The lowest BCUT2D eigenvalue weighted by Crippen LogP contribution is -2.67. The smallest absolute Gasteiger partial charge is 0.338 e. The number of benzene rings is 3. The van der Waals surface area contributed by atoms with Crippen LogP contribution in [0.1, 0.15) is 67.6 Å². The van der Waals surface area contributed by atoms with Crippen LogP contribution >= 0.6 is 0 Å². The molecule has 0 aliphatic carbocycles. The first-order valence-electron chi connectivity index (χ1n) is 19.9. The summed E-state index contributed by atoms with van der Waals surface area (Å²) in [7, 11) is -3.00. The molecular weight excluding hydrogens is 789 g/mol. The molecule has 2 saturated heterocycles. The van der Waals surface area contributed by atoms with Crippen molar-refractivity contribution in [1.82, 2.24) is 19.1 Å². The summed E-state index contributed by atoms with van der Waals surface area (Å²) in [5.41, 5.74) is -1.28. The molecule has 2 aliphatic rings. The minimum absolute atomic E-state index is 0.0164. The van der Waals surface area contributed by atoms with Crippen LogP contribution in [0.5, 0.6) is 0 Å². The Labute approximate surface area is 347 Å². The van der Waals surface area contributed by atoms with Gasteiger partial charge in [-0.2, -0.15) is 0 Å². The minimum Gasteiger partial charge on any atom is -0.453 e. The van der Waals surface area contributed by atoms with Crippen molar-refractivity contribution in [2.24, 2.45) is 0 Å². The summed E-state index contributed by atoms with van der Waals surface area (Å²) >= 11 is 0. The molecule has 0 amide bonds. The normalized spacial score (nSPS) is 21.9. The molecule has 0 unspecified atom stereocenters. The van der Waals surface area contributed by atoms with E-state index < -0.39 is 73.8 Å². The molecule has 16 heteroatoms. The fourth-order valence-electron chi connectivity index (χ4n) is 7.95. The summed E-state index contributed by atoms with van der Waals surface area (Å²) < 4.78 is 41.0. The highest BCUT2D eigenvalue weighted by Crippen LogP contribution is 2.39. The molecule has 0 spiro atoms. The second-order valence-electron chi connectivity index (χ2n) is 16.1. The Morgan fingerprint density at radius 1 is 0.700 bits per heavy atom. The zero-order valence-corrected chi connectivity index (χ0v) is 35.2. The van der Waals surface area contributed by atoms with Crippen LogP contribution in [0.4, 0.5) is 0 Å². The van der Waals surface area contributed by atoms with Crippen molar-refractivity contribution in [3.05, 3.63) is 162 Å². The molecule has 2 N–H and O–H groups in total. The van der Waals surface area contributed by atoms with Crippen LogP contribution in [0.15, 0.2) is 123 Å². The quantitative estimate of drug-likeness (QED) is 0.0950. The zero-order valence-electron chi connectivity index (χ0n) is 34.2. The molecule has 316 valence electrons. The lowest BCUT2D eigenvalue weighted by molar-refractivity contribution is -0.186. The highest BCUT2D eigenvalue weighted by molar-refractivity contribution is 6.99. The van der Waals surface area contributed by atoms with Crippen LogP contribution in [0.25, 0.3) is 0 Å². The third-order valence-electron chi connectivity index (χ3n) is 11.0. The van der Waals surface area contributed by atoms with Crippen molar-refractivity contribution in [2.45, 2.75) is 89.6 Å². The molecule has 7 rings (SSSR count). The maximum atomic E-state index is 13.1. The summed E-state index contributed by atoms with van der Waals surface area (Å²) in [5, 5.41) is 1.87. The number of carbonyl (C=O) groups excluding carboxylic acids is 1. The van der Waals surface area contributed by atoms with Crippen molar-refractivity contribution in [3.63, 3.8) is 0 Å². The van der Waals surface area contributed by atoms with Crippen molar-refractivity contribution < 1.29 is 32.9 Å². The van der Waals surface area contributed by atoms with E-state index in [2.05, 4.69) is 55.0 Å². The van der Waals surface area contributed by atoms with Gasteiger partial charge < -0.3 is 28.1 Å². The van der Waals surface area contributed by atoms with Crippen molar-refractivity contribution in [1.29, 1.82) is 0 Å². The minimum atomic E-state index is -3.00. The molecule has 6 atom stereocenters. The van der Waals surface area contributed by atoms with Crippen LogP contribution < -0.4 is 32.9 Å². The van der Waals surface area contributed by atoms with Crippen LogP contribution in [-0.2, 0) is 28.1 Å². The van der Waals surface area contributed by atoms with E-state index in [1.54, 1.807) is 44.2 Å². The van der Waals surface area contributed by atoms with E-state index in [1.165, 1.54) is 21.5 Å². The first-order chi connectivity index (χ1) is 28.7. The van der Waals surface area contributed by atoms with Crippen LogP contribution in [0.2, 0.25) is 5.04 Å². The van der Waals surface area contributed by atoms with Gasteiger partial charge in [0.2, 0.25) is 0 Å². The Morgan fingerprint density at radius 2 is 1.18 bits per heavy atom. The Hall–Kier alpha value is -5.49. The fraction of sp³-hybridized carbons (Fsp3) is 0.386.